The van der Waals surface area contributed by atoms with Crippen molar-refractivity contribution in [3.05, 3.63) is 34.9 Å². The van der Waals surface area contributed by atoms with Crippen molar-refractivity contribution in [3.8, 4) is 0 Å². The lowest BCUT2D eigenvalue weighted by molar-refractivity contribution is -0.143. The van der Waals surface area contributed by atoms with Crippen molar-refractivity contribution in [3.63, 3.8) is 0 Å². The molecule has 1 aromatic carbocycles. The second-order valence-corrected chi connectivity index (χ2v) is 4.93. The van der Waals surface area contributed by atoms with Gasteiger partial charge in [0.05, 0.1) is 11.1 Å². The van der Waals surface area contributed by atoms with Crippen LogP contribution >= 0.6 is 0 Å². The van der Waals surface area contributed by atoms with Crippen LogP contribution in [-0.2, 0) is 12.4 Å². The third kappa shape index (κ3) is 4.61. The summed E-state index contributed by atoms with van der Waals surface area (Å²) in [5.74, 6) is 0. The molecule has 0 unspecified atom stereocenters. The van der Waals surface area contributed by atoms with Gasteiger partial charge in [-0.15, -0.1) is 0 Å². The van der Waals surface area contributed by atoms with Gasteiger partial charge in [-0.05, 0) is 37.2 Å². The molecule has 0 spiro atoms. The Kier molecular flexibility index (Phi) is 5.86. The molecule has 2 N–H and O–H groups in total. The van der Waals surface area contributed by atoms with Crippen molar-refractivity contribution < 1.29 is 26.3 Å². The summed E-state index contributed by atoms with van der Waals surface area (Å²) in [5, 5.41) is 0. The van der Waals surface area contributed by atoms with Crippen LogP contribution in [0.2, 0.25) is 0 Å². The summed E-state index contributed by atoms with van der Waals surface area (Å²) in [6.45, 7) is 4.45. The molecule has 0 bridgehead atoms. The van der Waals surface area contributed by atoms with Crippen LogP contribution in [0.25, 0.3) is 0 Å². The predicted octanol–water partition coefficient (Wildman–Crippen LogP) is 4.07. The fourth-order valence-electron chi connectivity index (χ4n) is 2.22. The minimum Gasteiger partial charge on any atom is -0.329 e. The zero-order valence-corrected chi connectivity index (χ0v) is 12.2. The van der Waals surface area contributed by atoms with Crippen molar-refractivity contribution >= 4 is 0 Å². The van der Waals surface area contributed by atoms with Crippen LogP contribution in [0, 0.1) is 0 Å². The molecule has 0 heterocycles. The predicted molar refractivity (Wildman–Crippen MR) is 71.2 cm³/mol. The number of hydrogen-bond acceptors (Lipinski definition) is 2. The first kappa shape index (κ1) is 18.8. The average Bonchev–Trinajstić information content (AvgIpc) is 2.41. The number of nitrogens with two attached hydrogens (primary N) is 1. The Morgan fingerprint density at radius 2 is 1.45 bits per heavy atom. The van der Waals surface area contributed by atoms with Crippen LogP contribution in [0.5, 0.6) is 0 Å². The van der Waals surface area contributed by atoms with Crippen LogP contribution in [0.1, 0.15) is 36.6 Å². The average molecular weight is 328 g/mol. The third-order valence-corrected chi connectivity index (χ3v) is 3.46. The van der Waals surface area contributed by atoms with E-state index in [0.29, 0.717) is 13.1 Å². The summed E-state index contributed by atoms with van der Waals surface area (Å²) < 4.78 is 77.0. The van der Waals surface area contributed by atoms with E-state index in [1.54, 1.807) is 18.7 Å². The van der Waals surface area contributed by atoms with Gasteiger partial charge in [-0.1, -0.05) is 6.92 Å². The van der Waals surface area contributed by atoms with Gasteiger partial charge < -0.3 is 5.73 Å². The normalized spacial score (nSPS) is 14.5. The molecule has 22 heavy (non-hydrogen) atoms. The smallest absolute Gasteiger partial charge is 0.329 e. The van der Waals surface area contributed by atoms with Gasteiger partial charge in [0.1, 0.15) is 0 Å². The summed E-state index contributed by atoms with van der Waals surface area (Å²) in [6, 6.07) is 1.06. The maximum Gasteiger partial charge on any atom is 0.416 e. The molecule has 1 rings (SSSR count). The van der Waals surface area contributed by atoms with E-state index in [0.717, 1.165) is 12.1 Å². The summed E-state index contributed by atoms with van der Waals surface area (Å²) >= 11 is 0. The molecule has 2 nitrogen and oxygen atoms in total. The van der Waals surface area contributed by atoms with Gasteiger partial charge in [-0.3, -0.25) is 4.90 Å². The number of alkyl halides is 6. The van der Waals surface area contributed by atoms with Gasteiger partial charge in [0.25, 0.3) is 0 Å². The Balaban J connectivity index is 3.34. The van der Waals surface area contributed by atoms with Gasteiger partial charge in [0.15, 0.2) is 0 Å². The van der Waals surface area contributed by atoms with E-state index in [1.165, 1.54) is 0 Å². The maximum absolute atomic E-state index is 12.8. The summed E-state index contributed by atoms with van der Waals surface area (Å²) in [4.78, 5) is 1.72. The van der Waals surface area contributed by atoms with Crippen molar-refractivity contribution in [2.24, 2.45) is 5.73 Å². The van der Waals surface area contributed by atoms with Crippen LogP contribution in [0.15, 0.2) is 18.2 Å². The lowest BCUT2D eigenvalue weighted by Gasteiger charge is -2.28. The fourth-order valence-corrected chi connectivity index (χ4v) is 2.22. The number of benzene rings is 1. The Labute approximate surface area is 124 Å². The van der Waals surface area contributed by atoms with E-state index in [1.807, 2.05) is 0 Å². The second kappa shape index (κ2) is 6.87. The standard InChI is InChI=1S/C14H18F6N2/c1-3-22(5-4-21)9(2)10-6-11(13(15,16)17)8-12(7-10)14(18,19)20/h6-9H,3-5,21H2,1-2H3/t9-/m0/s1. The molecule has 0 saturated carbocycles. The topological polar surface area (TPSA) is 29.3 Å². The molecule has 126 valence electrons. The van der Waals surface area contributed by atoms with Crippen LogP contribution in [-0.4, -0.2) is 24.5 Å². The van der Waals surface area contributed by atoms with E-state index in [4.69, 9.17) is 5.73 Å². The fraction of sp³-hybridized carbons (Fsp3) is 0.571. The highest BCUT2D eigenvalue weighted by Crippen LogP contribution is 2.38. The minimum absolute atomic E-state index is 0.0301. The number of rotatable bonds is 5. The van der Waals surface area contributed by atoms with Gasteiger partial charge >= 0.3 is 12.4 Å². The SMILES string of the molecule is CCN(CCN)[C@@H](C)c1cc(C(F)(F)F)cc(C(F)(F)F)c1. The molecule has 8 heteroatoms. The zero-order chi connectivity index (χ0) is 17.1. The summed E-state index contributed by atoms with van der Waals surface area (Å²) in [6.07, 6.45) is -9.67. The van der Waals surface area contributed by atoms with Crippen LogP contribution in [0.4, 0.5) is 26.3 Å². The number of halogens is 6. The number of likely N-dealkylation sites (N-methyl/N-ethyl adjacent to an activating group) is 1. The Morgan fingerprint density at radius 1 is 1.00 bits per heavy atom. The molecular weight excluding hydrogens is 310 g/mol. The lowest BCUT2D eigenvalue weighted by Crippen LogP contribution is -2.32. The van der Waals surface area contributed by atoms with E-state index in [-0.39, 0.29) is 18.2 Å². The van der Waals surface area contributed by atoms with E-state index in [2.05, 4.69) is 0 Å². The zero-order valence-electron chi connectivity index (χ0n) is 12.2. The summed E-state index contributed by atoms with van der Waals surface area (Å²) in [7, 11) is 0. The quantitative estimate of drug-likeness (QED) is 0.826. The number of hydrogen-bond donors (Lipinski definition) is 1. The maximum atomic E-state index is 12.8. The first-order valence-electron chi connectivity index (χ1n) is 6.74. The van der Waals surface area contributed by atoms with Gasteiger partial charge in [-0.2, -0.15) is 26.3 Å². The third-order valence-electron chi connectivity index (χ3n) is 3.46. The summed E-state index contributed by atoms with van der Waals surface area (Å²) in [5.41, 5.74) is 2.79. The largest absolute Gasteiger partial charge is 0.416 e. The molecule has 1 aromatic rings. The first-order valence-corrected chi connectivity index (χ1v) is 6.74. The molecule has 1 atom stereocenters. The van der Waals surface area contributed by atoms with Crippen molar-refractivity contribution in [2.75, 3.05) is 19.6 Å². The second-order valence-electron chi connectivity index (χ2n) is 4.93. The molecule has 0 aliphatic heterocycles. The molecule has 0 aromatic heterocycles. The molecule has 0 amide bonds. The highest BCUT2D eigenvalue weighted by atomic mass is 19.4. The minimum atomic E-state index is -4.83. The van der Waals surface area contributed by atoms with E-state index in [9.17, 15) is 26.3 Å². The molecular formula is C14H18F6N2. The molecule has 0 radical (unpaired) electrons. The van der Waals surface area contributed by atoms with Crippen molar-refractivity contribution in [2.45, 2.75) is 32.2 Å². The molecule has 0 aliphatic rings. The molecule has 0 aliphatic carbocycles. The van der Waals surface area contributed by atoms with E-state index >= 15 is 0 Å². The number of nitrogens with zero attached hydrogens (tertiary/aromatic N) is 1. The highest BCUT2D eigenvalue weighted by Gasteiger charge is 2.37. The molecule has 0 fully saturated rings. The first-order chi connectivity index (χ1) is 10.0. The molecule has 0 saturated heterocycles. The Morgan fingerprint density at radius 3 is 1.77 bits per heavy atom. The highest BCUT2D eigenvalue weighted by molar-refractivity contribution is 5.35. The van der Waals surface area contributed by atoms with E-state index < -0.39 is 29.5 Å². The Hall–Kier alpha value is -1.28. The van der Waals surface area contributed by atoms with Crippen LogP contribution < -0.4 is 5.73 Å². The van der Waals surface area contributed by atoms with Gasteiger partial charge in [-0.25, -0.2) is 0 Å². The van der Waals surface area contributed by atoms with Crippen molar-refractivity contribution in [1.29, 1.82) is 0 Å². The Bertz CT molecular complexity index is 463. The lowest BCUT2D eigenvalue weighted by atomic mass is 9.99. The van der Waals surface area contributed by atoms with Crippen molar-refractivity contribution in [1.82, 2.24) is 4.90 Å². The monoisotopic (exact) mass is 328 g/mol. The van der Waals surface area contributed by atoms with Gasteiger partial charge in [0.2, 0.25) is 0 Å². The van der Waals surface area contributed by atoms with Crippen LogP contribution in [0.3, 0.4) is 0 Å². The van der Waals surface area contributed by atoms with Gasteiger partial charge in [0, 0.05) is 19.1 Å².